The summed E-state index contributed by atoms with van der Waals surface area (Å²) in [6, 6.07) is 107. The van der Waals surface area contributed by atoms with Crippen LogP contribution >= 0.6 is 23.2 Å². The van der Waals surface area contributed by atoms with Gasteiger partial charge in [0.05, 0.1) is 11.4 Å². The molecule has 2 nitrogen and oxygen atoms in total. The SMILES string of the molecule is Clc1cccc(N(c2cc(-c3ccccc3)cc(N(c3cccc(Cl)c3)c3ccccc3-c3ccccc3-c3ccccc3-c3ccccc3)c2)c2ccccc2-c2ccccc2-c2ccccc2-c2ccccc2)c1. The molecule has 12 rings (SSSR count). The Balaban J connectivity index is 1.10. The lowest BCUT2D eigenvalue weighted by Gasteiger charge is -2.32. The minimum Gasteiger partial charge on any atom is -0.310 e. The van der Waals surface area contributed by atoms with E-state index < -0.39 is 0 Å². The molecular formula is C72H50Cl2N2. The highest BCUT2D eigenvalue weighted by molar-refractivity contribution is 6.31. The van der Waals surface area contributed by atoms with Gasteiger partial charge in [0.2, 0.25) is 0 Å². The van der Waals surface area contributed by atoms with Gasteiger partial charge >= 0.3 is 0 Å². The van der Waals surface area contributed by atoms with Gasteiger partial charge in [-0.05, 0) is 133 Å². The lowest BCUT2D eigenvalue weighted by Crippen LogP contribution is -2.15. The summed E-state index contributed by atoms with van der Waals surface area (Å²) >= 11 is 14.0. The minimum atomic E-state index is 0.638. The quantitative estimate of drug-likeness (QED) is 0.114. The Morgan fingerprint density at radius 3 is 0.842 bits per heavy atom. The van der Waals surface area contributed by atoms with Crippen molar-refractivity contribution in [1.29, 1.82) is 0 Å². The Hall–Kier alpha value is -9.18. The van der Waals surface area contributed by atoms with Gasteiger partial charge in [0.15, 0.2) is 0 Å². The summed E-state index contributed by atoms with van der Waals surface area (Å²) in [5.74, 6) is 0. The second-order valence-corrected chi connectivity index (χ2v) is 19.6. The first-order valence-electron chi connectivity index (χ1n) is 25.5. The Labute approximate surface area is 455 Å². The number of anilines is 6. The Bertz CT molecular complexity index is 3750. The molecule has 0 aliphatic heterocycles. The van der Waals surface area contributed by atoms with E-state index in [4.69, 9.17) is 23.2 Å². The van der Waals surface area contributed by atoms with E-state index in [9.17, 15) is 0 Å². The molecule has 0 aliphatic carbocycles. The maximum absolute atomic E-state index is 7.02. The van der Waals surface area contributed by atoms with Crippen molar-refractivity contribution in [3.05, 3.63) is 313 Å². The van der Waals surface area contributed by atoms with Gasteiger partial charge in [-0.1, -0.05) is 260 Å². The van der Waals surface area contributed by atoms with Crippen LogP contribution in [0.4, 0.5) is 34.1 Å². The maximum atomic E-state index is 7.02. The molecule has 0 fully saturated rings. The van der Waals surface area contributed by atoms with Crippen molar-refractivity contribution >= 4 is 57.3 Å². The van der Waals surface area contributed by atoms with E-state index >= 15 is 0 Å². The lowest BCUT2D eigenvalue weighted by atomic mass is 9.88. The van der Waals surface area contributed by atoms with Crippen LogP contribution in [0.15, 0.2) is 303 Å². The van der Waals surface area contributed by atoms with E-state index in [1.807, 2.05) is 24.3 Å². The normalized spacial score (nSPS) is 11.0. The fraction of sp³-hybridized carbons (Fsp3) is 0. The van der Waals surface area contributed by atoms with Gasteiger partial charge in [-0.2, -0.15) is 0 Å². The van der Waals surface area contributed by atoms with Crippen molar-refractivity contribution in [2.45, 2.75) is 0 Å². The summed E-state index contributed by atoms with van der Waals surface area (Å²) in [4.78, 5) is 4.71. The molecular weight excluding hydrogens is 964 g/mol. The molecule has 0 bridgehead atoms. The molecule has 0 radical (unpaired) electrons. The van der Waals surface area contributed by atoms with Crippen molar-refractivity contribution in [3.8, 4) is 77.9 Å². The highest BCUT2D eigenvalue weighted by atomic mass is 35.5. The van der Waals surface area contributed by atoms with E-state index in [0.717, 1.165) is 89.8 Å². The number of halogens is 2. The number of benzene rings is 12. The number of para-hydroxylation sites is 2. The van der Waals surface area contributed by atoms with E-state index in [0.29, 0.717) is 10.0 Å². The van der Waals surface area contributed by atoms with Gasteiger partial charge in [-0.3, -0.25) is 0 Å². The molecule has 0 heterocycles. The molecule has 0 spiro atoms. The highest BCUT2D eigenvalue weighted by Crippen LogP contribution is 2.50. The molecule has 12 aromatic carbocycles. The lowest BCUT2D eigenvalue weighted by molar-refractivity contribution is 1.25. The van der Waals surface area contributed by atoms with Gasteiger partial charge in [-0.15, -0.1) is 0 Å². The van der Waals surface area contributed by atoms with Gasteiger partial charge in [0.25, 0.3) is 0 Å². The molecule has 0 unspecified atom stereocenters. The predicted molar refractivity (Wildman–Crippen MR) is 324 cm³/mol. The van der Waals surface area contributed by atoms with Gasteiger partial charge in [0, 0.05) is 43.9 Å². The summed E-state index contributed by atoms with van der Waals surface area (Å²) < 4.78 is 0. The zero-order valence-corrected chi connectivity index (χ0v) is 43.0. The third-order valence-corrected chi connectivity index (χ3v) is 14.5. The van der Waals surface area contributed by atoms with Crippen LogP contribution in [0.5, 0.6) is 0 Å². The standard InChI is InChI=1S/C72H50Cl2N2/c73-55-30-22-32-57(48-55)75(71-44-20-18-42-69(71)67-40-16-14-38-65(67)63-36-12-10-34-61(63)52-26-6-2-7-27-52)59-46-54(51-24-4-1-5-25-51)47-60(50-59)76(58-33-23-31-56(74)49-58)72-45-21-19-43-70(72)68-41-17-15-39-66(68)64-37-13-11-35-62(64)53-28-8-3-9-29-53/h1-50H. The molecule has 0 amide bonds. The fourth-order valence-corrected chi connectivity index (χ4v) is 11.0. The Morgan fingerprint density at radius 1 is 0.184 bits per heavy atom. The third kappa shape index (κ3) is 9.72. The number of nitrogens with zero attached hydrogens (tertiary/aromatic N) is 2. The van der Waals surface area contributed by atoms with Crippen LogP contribution in [-0.4, -0.2) is 0 Å². The minimum absolute atomic E-state index is 0.638. The first-order valence-corrected chi connectivity index (χ1v) is 26.3. The Kier molecular flexibility index (Phi) is 13.7. The smallest absolute Gasteiger partial charge is 0.0540 e. The van der Waals surface area contributed by atoms with Crippen LogP contribution < -0.4 is 9.80 Å². The van der Waals surface area contributed by atoms with Crippen molar-refractivity contribution < 1.29 is 0 Å². The zero-order valence-electron chi connectivity index (χ0n) is 41.5. The summed E-state index contributed by atoms with van der Waals surface area (Å²) in [6.07, 6.45) is 0. The van der Waals surface area contributed by atoms with E-state index in [1.165, 1.54) is 22.3 Å². The van der Waals surface area contributed by atoms with E-state index in [1.54, 1.807) is 0 Å². The maximum Gasteiger partial charge on any atom is 0.0540 e. The van der Waals surface area contributed by atoms with Crippen LogP contribution in [0, 0.1) is 0 Å². The fourth-order valence-electron chi connectivity index (χ4n) is 10.6. The van der Waals surface area contributed by atoms with Crippen LogP contribution in [0.2, 0.25) is 10.0 Å². The first kappa shape index (κ1) is 47.8. The number of hydrogen-bond acceptors (Lipinski definition) is 2. The van der Waals surface area contributed by atoms with Crippen molar-refractivity contribution in [2.24, 2.45) is 0 Å². The second-order valence-electron chi connectivity index (χ2n) is 18.7. The largest absolute Gasteiger partial charge is 0.310 e. The average Bonchev–Trinajstić information content (AvgIpc) is 3.50. The van der Waals surface area contributed by atoms with Crippen molar-refractivity contribution in [3.63, 3.8) is 0 Å². The van der Waals surface area contributed by atoms with Crippen molar-refractivity contribution in [1.82, 2.24) is 0 Å². The molecule has 0 aliphatic rings. The molecule has 0 aromatic heterocycles. The summed E-state index contributed by atoms with van der Waals surface area (Å²) in [6.45, 7) is 0. The molecule has 362 valence electrons. The first-order chi connectivity index (χ1) is 37.6. The molecule has 4 heteroatoms. The van der Waals surface area contributed by atoms with E-state index in [-0.39, 0.29) is 0 Å². The van der Waals surface area contributed by atoms with Crippen LogP contribution in [-0.2, 0) is 0 Å². The predicted octanol–water partition coefficient (Wildman–Crippen LogP) is 21.6. The van der Waals surface area contributed by atoms with Crippen LogP contribution in [0.3, 0.4) is 0 Å². The molecule has 76 heavy (non-hydrogen) atoms. The van der Waals surface area contributed by atoms with Crippen molar-refractivity contribution in [2.75, 3.05) is 9.80 Å². The topological polar surface area (TPSA) is 6.48 Å². The molecule has 0 saturated heterocycles. The molecule has 0 atom stereocenters. The monoisotopic (exact) mass is 1010 g/mol. The molecule has 0 N–H and O–H groups in total. The average molecular weight is 1010 g/mol. The summed E-state index contributed by atoms with van der Waals surface area (Å²) in [7, 11) is 0. The molecule has 0 saturated carbocycles. The second kappa shape index (κ2) is 21.7. The Morgan fingerprint density at radius 2 is 0.474 bits per heavy atom. The van der Waals surface area contributed by atoms with Gasteiger partial charge in [0.1, 0.15) is 0 Å². The molecule has 12 aromatic rings. The number of hydrogen-bond donors (Lipinski definition) is 0. The summed E-state index contributed by atoms with van der Waals surface area (Å²) in [5, 5.41) is 1.28. The van der Waals surface area contributed by atoms with Crippen LogP contribution in [0.1, 0.15) is 0 Å². The number of rotatable bonds is 13. The highest BCUT2D eigenvalue weighted by Gasteiger charge is 2.25. The van der Waals surface area contributed by atoms with Crippen LogP contribution in [0.25, 0.3) is 77.9 Å². The zero-order chi connectivity index (χ0) is 51.2. The van der Waals surface area contributed by atoms with Gasteiger partial charge in [-0.25, -0.2) is 0 Å². The van der Waals surface area contributed by atoms with E-state index in [2.05, 4.69) is 289 Å². The van der Waals surface area contributed by atoms with Gasteiger partial charge < -0.3 is 9.80 Å². The third-order valence-electron chi connectivity index (χ3n) is 14.0. The summed E-state index contributed by atoms with van der Waals surface area (Å²) in [5.41, 5.74) is 21.4.